The molecule has 0 unspecified atom stereocenters. The van der Waals surface area contributed by atoms with Gasteiger partial charge < -0.3 is 4.74 Å². The number of nitrogens with zero attached hydrogens (tertiary/aromatic N) is 1. The van der Waals surface area contributed by atoms with Gasteiger partial charge >= 0.3 is 0 Å². The first-order valence-electron chi connectivity index (χ1n) is 6.23. The molecule has 0 bridgehead atoms. The van der Waals surface area contributed by atoms with Gasteiger partial charge in [-0.05, 0) is 19.9 Å². The fourth-order valence-corrected chi connectivity index (χ4v) is 2.56. The predicted molar refractivity (Wildman–Crippen MR) is 76.9 cm³/mol. The molecular formula is C15H17NO2S. The van der Waals surface area contributed by atoms with Crippen LogP contribution in [0.2, 0.25) is 0 Å². The number of Topliss-reactive ketones (excluding diaryl/α,β-unsaturated/α-hetero) is 1. The maximum absolute atomic E-state index is 11.9. The van der Waals surface area contributed by atoms with Crippen molar-refractivity contribution < 1.29 is 9.53 Å². The van der Waals surface area contributed by atoms with Crippen molar-refractivity contribution in [2.24, 2.45) is 0 Å². The largest absolute Gasteiger partial charge is 0.373 e. The second-order valence-electron chi connectivity index (χ2n) is 4.46. The highest BCUT2D eigenvalue weighted by Gasteiger charge is 2.06. The fourth-order valence-electron chi connectivity index (χ4n) is 1.80. The van der Waals surface area contributed by atoms with Gasteiger partial charge in [-0.15, -0.1) is 11.3 Å². The summed E-state index contributed by atoms with van der Waals surface area (Å²) in [6.07, 6.45) is 0.817. The smallest absolute Gasteiger partial charge is 0.188 e. The van der Waals surface area contributed by atoms with E-state index in [1.54, 1.807) is 11.3 Å². The minimum Gasteiger partial charge on any atom is -0.373 e. The quantitative estimate of drug-likeness (QED) is 0.600. The van der Waals surface area contributed by atoms with Crippen LogP contribution in [0.3, 0.4) is 0 Å². The minimum absolute atomic E-state index is 0.0322. The molecule has 0 fully saturated rings. The lowest BCUT2D eigenvalue weighted by Gasteiger charge is -2.04. The summed E-state index contributed by atoms with van der Waals surface area (Å²) < 4.78 is 5.45. The highest BCUT2D eigenvalue weighted by molar-refractivity contribution is 7.09. The third-order valence-corrected chi connectivity index (χ3v) is 3.89. The molecule has 2 rings (SSSR count). The Bertz CT molecular complexity index is 563. The van der Waals surface area contributed by atoms with E-state index < -0.39 is 0 Å². The van der Waals surface area contributed by atoms with Crippen LogP contribution in [0, 0.1) is 13.8 Å². The van der Waals surface area contributed by atoms with E-state index in [-0.39, 0.29) is 12.4 Å². The van der Waals surface area contributed by atoms with Crippen LogP contribution in [0.4, 0.5) is 0 Å². The molecular weight excluding hydrogens is 258 g/mol. The summed E-state index contributed by atoms with van der Waals surface area (Å²) in [5.74, 6) is 0.0322. The summed E-state index contributed by atoms with van der Waals surface area (Å²) in [7, 11) is 0. The normalized spacial score (nSPS) is 10.6. The van der Waals surface area contributed by atoms with E-state index in [2.05, 4.69) is 4.98 Å². The summed E-state index contributed by atoms with van der Waals surface area (Å²) >= 11 is 1.63. The van der Waals surface area contributed by atoms with E-state index in [0.717, 1.165) is 17.7 Å². The molecule has 3 nitrogen and oxygen atoms in total. The van der Waals surface area contributed by atoms with E-state index in [9.17, 15) is 4.79 Å². The Balaban J connectivity index is 1.77. The monoisotopic (exact) mass is 275 g/mol. The van der Waals surface area contributed by atoms with Crippen molar-refractivity contribution in [2.45, 2.75) is 20.3 Å². The van der Waals surface area contributed by atoms with E-state index >= 15 is 0 Å². The van der Waals surface area contributed by atoms with E-state index in [4.69, 9.17) is 4.74 Å². The number of ketones is 1. The molecule has 1 aromatic carbocycles. The lowest BCUT2D eigenvalue weighted by atomic mass is 10.1. The molecule has 4 heteroatoms. The third kappa shape index (κ3) is 3.98. The van der Waals surface area contributed by atoms with Crippen LogP contribution in [0.5, 0.6) is 0 Å². The molecule has 0 atom stereocenters. The SMILES string of the molecule is Cc1cccc(C(=O)COCCc2scnc2C)c1. The van der Waals surface area contributed by atoms with Crippen LogP contribution in [0.15, 0.2) is 29.8 Å². The number of aromatic nitrogens is 1. The Labute approximate surface area is 117 Å². The second-order valence-corrected chi connectivity index (χ2v) is 5.40. The Morgan fingerprint density at radius 1 is 1.37 bits per heavy atom. The predicted octanol–water partition coefficient (Wildman–Crippen LogP) is 3.20. The maximum Gasteiger partial charge on any atom is 0.188 e. The number of hydrogen-bond acceptors (Lipinski definition) is 4. The first-order chi connectivity index (χ1) is 9.16. The average molecular weight is 275 g/mol. The molecule has 0 amide bonds. The summed E-state index contributed by atoms with van der Waals surface area (Å²) in [6, 6.07) is 7.58. The van der Waals surface area contributed by atoms with Crippen molar-refractivity contribution in [3.63, 3.8) is 0 Å². The first kappa shape index (κ1) is 13.9. The number of benzene rings is 1. The lowest BCUT2D eigenvalue weighted by molar-refractivity contribution is 0.0766. The third-order valence-electron chi connectivity index (χ3n) is 2.89. The highest BCUT2D eigenvalue weighted by atomic mass is 32.1. The van der Waals surface area contributed by atoms with E-state index in [1.165, 1.54) is 4.88 Å². The molecule has 19 heavy (non-hydrogen) atoms. The van der Waals surface area contributed by atoms with Crippen molar-refractivity contribution >= 4 is 17.1 Å². The Hall–Kier alpha value is -1.52. The number of thiazole rings is 1. The average Bonchev–Trinajstić information content (AvgIpc) is 2.80. The van der Waals surface area contributed by atoms with Crippen LogP contribution < -0.4 is 0 Å². The molecule has 0 aliphatic rings. The minimum atomic E-state index is 0.0322. The van der Waals surface area contributed by atoms with Crippen LogP contribution >= 0.6 is 11.3 Å². The number of carbonyl (C=O) groups excluding carboxylic acids is 1. The van der Waals surface area contributed by atoms with Gasteiger partial charge in [-0.2, -0.15) is 0 Å². The van der Waals surface area contributed by atoms with Crippen LogP contribution in [-0.2, 0) is 11.2 Å². The second kappa shape index (κ2) is 6.59. The highest BCUT2D eigenvalue weighted by Crippen LogP contribution is 2.12. The molecule has 0 aliphatic carbocycles. The van der Waals surface area contributed by atoms with Gasteiger partial charge in [0.25, 0.3) is 0 Å². The lowest BCUT2D eigenvalue weighted by Crippen LogP contribution is -2.11. The maximum atomic E-state index is 11.9. The molecule has 0 saturated carbocycles. The molecule has 0 saturated heterocycles. The number of aryl methyl sites for hydroxylation is 2. The zero-order valence-corrected chi connectivity index (χ0v) is 12.0. The molecule has 1 heterocycles. The van der Waals surface area contributed by atoms with Crippen LogP contribution in [0.25, 0.3) is 0 Å². The summed E-state index contributed by atoms with van der Waals surface area (Å²) in [5.41, 5.74) is 4.70. The van der Waals surface area contributed by atoms with Gasteiger partial charge in [0.2, 0.25) is 0 Å². The van der Waals surface area contributed by atoms with Crippen molar-refractivity contribution in [1.29, 1.82) is 0 Å². The standard InChI is InChI=1S/C15H17NO2S/c1-11-4-3-5-13(8-11)14(17)9-18-7-6-15-12(2)16-10-19-15/h3-5,8,10H,6-7,9H2,1-2H3. The van der Waals surface area contributed by atoms with Crippen LogP contribution in [-0.4, -0.2) is 24.0 Å². The Morgan fingerprint density at radius 2 is 2.21 bits per heavy atom. The number of ether oxygens (including phenoxy) is 1. The topological polar surface area (TPSA) is 39.2 Å². The number of rotatable bonds is 6. The molecule has 0 spiro atoms. The fraction of sp³-hybridized carbons (Fsp3) is 0.333. The zero-order chi connectivity index (χ0) is 13.7. The van der Waals surface area contributed by atoms with Gasteiger partial charge in [0.1, 0.15) is 6.61 Å². The zero-order valence-electron chi connectivity index (χ0n) is 11.2. The van der Waals surface area contributed by atoms with Gasteiger partial charge in [-0.1, -0.05) is 23.8 Å². The first-order valence-corrected chi connectivity index (χ1v) is 7.11. The van der Waals surface area contributed by atoms with Gasteiger partial charge in [0.15, 0.2) is 5.78 Å². The van der Waals surface area contributed by atoms with E-state index in [0.29, 0.717) is 12.2 Å². The van der Waals surface area contributed by atoms with Gasteiger partial charge in [0, 0.05) is 16.9 Å². The molecule has 100 valence electrons. The molecule has 0 aliphatic heterocycles. The van der Waals surface area contributed by atoms with E-state index in [1.807, 2.05) is 43.6 Å². The van der Waals surface area contributed by atoms with Gasteiger partial charge in [0.05, 0.1) is 17.8 Å². The number of carbonyl (C=O) groups is 1. The summed E-state index contributed by atoms with van der Waals surface area (Å²) in [5, 5.41) is 0. The molecule has 0 N–H and O–H groups in total. The van der Waals surface area contributed by atoms with Crippen molar-refractivity contribution in [2.75, 3.05) is 13.2 Å². The molecule has 1 aromatic heterocycles. The number of hydrogen-bond donors (Lipinski definition) is 0. The van der Waals surface area contributed by atoms with Gasteiger partial charge in [-0.25, -0.2) is 4.98 Å². The molecule has 2 aromatic rings. The van der Waals surface area contributed by atoms with Crippen molar-refractivity contribution in [1.82, 2.24) is 4.98 Å². The molecule has 0 radical (unpaired) electrons. The summed E-state index contributed by atoms with van der Waals surface area (Å²) in [6.45, 7) is 4.66. The van der Waals surface area contributed by atoms with Crippen molar-refractivity contribution in [3.8, 4) is 0 Å². The van der Waals surface area contributed by atoms with Crippen LogP contribution in [0.1, 0.15) is 26.5 Å². The van der Waals surface area contributed by atoms with Gasteiger partial charge in [-0.3, -0.25) is 4.79 Å². The Morgan fingerprint density at radius 3 is 2.89 bits per heavy atom. The summed E-state index contributed by atoms with van der Waals surface area (Å²) in [4.78, 5) is 17.3. The van der Waals surface area contributed by atoms with Crippen molar-refractivity contribution in [3.05, 3.63) is 51.5 Å². The Kier molecular flexibility index (Phi) is 4.82.